The van der Waals surface area contributed by atoms with Crippen molar-refractivity contribution in [3.8, 4) is 22.9 Å². The van der Waals surface area contributed by atoms with Gasteiger partial charge in [0.1, 0.15) is 41.9 Å². The van der Waals surface area contributed by atoms with Gasteiger partial charge in [-0.25, -0.2) is 9.97 Å². The van der Waals surface area contributed by atoms with Crippen molar-refractivity contribution in [1.29, 1.82) is 5.26 Å². The second-order valence-electron chi connectivity index (χ2n) is 8.14. The lowest BCUT2D eigenvalue weighted by Crippen LogP contribution is -2.33. The van der Waals surface area contributed by atoms with Gasteiger partial charge in [0.25, 0.3) is 0 Å². The third kappa shape index (κ3) is 4.07. The second-order valence-corrected chi connectivity index (χ2v) is 8.14. The first kappa shape index (κ1) is 22.8. The highest BCUT2D eigenvalue weighted by atomic mass is 16.6. The van der Waals surface area contributed by atoms with Crippen molar-refractivity contribution in [2.75, 3.05) is 19.0 Å². The molecular formula is C25H23N5O5. The van der Waals surface area contributed by atoms with Gasteiger partial charge < -0.3 is 34.7 Å². The Hall–Kier alpha value is -4.01. The summed E-state index contributed by atoms with van der Waals surface area (Å²) in [6.07, 6.45) is -1.22. The number of nitrogens with one attached hydrogen (secondary N) is 1. The van der Waals surface area contributed by atoms with Crippen molar-refractivity contribution in [3.63, 3.8) is 0 Å². The smallest absolute Gasteiger partial charge is 0.164 e. The predicted molar refractivity (Wildman–Crippen MR) is 127 cm³/mol. The molecule has 1 fully saturated rings. The first-order valence-electron chi connectivity index (χ1n) is 10.9. The molecule has 4 N–H and O–H groups in total. The van der Waals surface area contributed by atoms with E-state index in [4.69, 9.17) is 14.7 Å². The highest BCUT2D eigenvalue weighted by Gasteiger charge is 2.44. The number of benzene rings is 2. The maximum atomic E-state index is 10.7. The summed E-state index contributed by atoms with van der Waals surface area (Å²) in [6, 6.07) is 16.5. The lowest BCUT2D eigenvalue weighted by molar-refractivity contribution is -0.0508. The molecule has 2 aromatic heterocycles. The highest BCUT2D eigenvalue weighted by molar-refractivity contribution is 6.02. The van der Waals surface area contributed by atoms with Gasteiger partial charge in [-0.3, -0.25) is 0 Å². The van der Waals surface area contributed by atoms with Crippen LogP contribution in [0, 0.1) is 11.3 Å². The van der Waals surface area contributed by atoms with E-state index in [2.05, 4.69) is 21.4 Å². The van der Waals surface area contributed by atoms with Gasteiger partial charge in [0.15, 0.2) is 6.23 Å². The third-order valence-corrected chi connectivity index (χ3v) is 6.08. The molecule has 0 amide bonds. The van der Waals surface area contributed by atoms with Crippen molar-refractivity contribution in [1.82, 2.24) is 14.5 Å². The minimum Gasteiger partial charge on any atom is -0.497 e. The first-order chi connectivity index (χ1) is 17.0. The Morgan fingerprint density at radius 1 is 1.09 bits per heavy atom. The van der Waals surface area contributed by atoms with Gasteiger partial charge >= 0.3 is 0 Å². The number of hydrogen-bond acceptors (Lipinski definition) is 9. The second kappa shape index (κ2) is 9.32. The standard InChI is InChI=1S/C25H23N5O5/c1-34-17-8-4-15(5-9-17)18-11-30(25-22(33)21(32)19(12-31)35-25)24-20(18)23(27-13-28-24)29-16-6-2-14(10-26)3-7-16/h2-9,11,13,19,21-22,25,31-33H,12H2,1H3,(H,27,28,29)/t19-,21+,22+,25-/m1/s1. The number of nitriles is 1. The lowest BCUT2D eigenvalue weighted by atomic mass is 10.1. The van der Waals surface area contributed by atoms with E-state index >= 15 is 0 Å². The molecule has 10 heteroatoms. The van der Waals surface area contributed by atoms with E-state index < -0.39 is 31.1 Å². The molecular weight excluding hydrogens is 450 g/mol. The Morgan fingerprint density at radius 2 is 1.83 bits per heavy atom. The molecule has 5 rings (SSSR count). The molecule has 0 saturated carbocycles. The third-order valence-electron chi connectivity index (χ3n) is 6.08. The zero-order valence-electron chi connectivity index (χ0n) is 18.7. The molecule has 1 saturated heterocycles. The first-order valence-corrected chi connectivity index (χ1v) is 10.9. The van der Waals surface area contributed by atoms with Crippen LogP contribution in [0.5, 0.6) is 5.75 Å². The van der Waals surface area contributed by atoms with E-state index in [-0.39, 0.29) is 0 Å². The summed E-state index contributed by atoms with van der Waals surface area (Å²) in [7, 11) is 1.59. The Morgan fingerprint density at radius 3 is 2.46 bits per heavy atom. The zero-order chi connectivity index (χ0) is 24.5. The summed E-state index contributed by atoms with van der Waals surface area (Å²) < 4.78 is 12.7. The van der Waals surface area contributed by atoms with Gasteiger partial charge in [0.2, 0.25) is 0 Å². The van der Waals surface area contributed by atoms with Crippen LogP contribution in [0.2, 0.25) is 0 Å². The predicted octanol–water partition coefficient (Wildman–Crippen LogP) is 2.33. The fourth-order valence-electron chi connectivity index (χ4n) is 4.24. The molecule has 178 valence electrons. The molecule has 2 aromatic carbocycles. The summed E-state index contributed by atoms with van der Waals surface area (Å²) in [6.45, 7) is -0.431. The molecule has 4 atom stereocenters. The minimum absolute atomic E-state index is 0.431. The van der Waals surface area contributed by atoms with Crippen LogP contribution in [0.1, 0.15) is 11.8 Å². The van der Waals surface area contributed by atoms with Crippen molar-refractivity contribution in [2.45, 2.75) is 24.5 Å². The van der Waals surface area contributed by atoms with Gasteiger partial charge in [0, 0.05) is 17.4 Å². The van der Waals surface area contributed by atoms with Crippen LogP contribution in [-0.4, -0.2) is 61.9 Å². The van der Waals surface area contributed by atoms with E-state index in [0.29, 0.717) is 28.2 Å². The summed E-state index contributed by atoms with van der Waals surface area (Å²) in [5.41, 5.74) is 3.34. The highest BCUT2D eigenvalue weighted by Crippen LogP contribution is 2.40. The molecule has 1 aliphatic rings. The molecule has 0 bridgehead atoms. The molecule has 3 heterocycles. The fourth-order valence-corrected chi connectivity index (χ4v) is 4.24. The largest absolute Gasteiger partial charge is 0.497 e. The Labute approximate surface area is 200 Å². The van der Waals surface area contributed by atoms with Crippen LogP contribution in [0.25, 0.3) is 22.2 Å². The van der Waals surface area contributed by atoms with E-state index in [1.54, 1.807) is 42.1 Å². The number of aliphatic hydroxyl groups excluding tert-OH is 3. The number of hydrogen-bond donors (Lipinski definition) is 4. The molecule has 35 heavy (non-hydrogen) atoms. The van der Waals surface area contributed by atoms with E-state index in [1.165, 1.54) is 6.33 Å². The van der Waals surface area contributed by atoms with E-state index in [1.807, 2.05) is 24.3 Å². The number of aliphatic hydroxyl groups is 3. The number of aromatic nitrogens is 3. The topological polar surface area (TPSA) is 146 Å². The molecule has 0 aliphatic carbocycles. The quantitative estimate of drug-likeness (QED) is 0.331. The van der Waals surface area contributed by atoms with E-state index in [9.17, 15) is 15.3 Å². The summed E-state index contributed by atoms with van der Waals surface area (Å²) in [4.78, 5) is 8.91. The molecule has 1 aliphatic heterocycles. The fraction of sp³-hybridized carbons (Fsp3) is 0.240. The maximum absolute atomic E-state index is 10.7. The number of methoxy groups -OCH3 is 1. The summed E-state index contributed by atoms with van der Waals surface area (Å²) in [5.74, 6) is 1.21. The average molecular weight is 473 g/mol. The Balaban J connectivity index is 1.66. The maximum Gasteiger partial charge on any atom is 0.164 e. The Bertz CT molecular complexity index is 1380. The van der Waals surface area contributed by atoms with Crippen LogP contribution in [0.4, 0.5) is 11.5 Å². The van der Waals surface area contributed by atoms with Gasteiger partial charge in [-0.05, 0) is 42.0 Å². The molecule has 10 nitrogen and oxygen atoms in total. The van der Waals surface area contributed by atoms with E-state index in [0.717, 1.165) is 16.8 Å². The van der Waals surface area contributed by atoms with Crippen LogP contribution in [-0.2, 0) is 4.74 Å². The van der Waals surface area contributed by atoms with Crippen molar-refractivity contribution < 1.29 is 24.8 Å². The van der Waals surface area contributed by atoms with Gasteiger partial charge in [-0.1, -0.05) is 12.1 Å². The van der Waals surface area contributed by atoms with Crippen molar-refractivity contribution >= 4 is 22.5 Å². The number of fused-ring (bicyclic) bond motifs is 1. The number of ether oxygens (including phenoxy) is 2. The number of anilines is 2. The molecule has 4 aromatic rings. The van der Waals surface area contributed by atoms with Crippen molar-refractivity contribution in [2.24, 2.45) is 0 Å². The number of nitrogens with zero attached hydrogens (tertiary/aromatic N) is 4. The summed E-state index contributed by atoms with van der Waals surface area (Å²) >= 11 is 0. The minimum atomic E-state index is -1.27. The van der Waals surface area contributed by atoms with Crippen molar-refractivity contribution in [3.05, 3.63) is 66.6 Å². The van der Waals surface area contributed by atoms with Crippen LogP contribution < -0.4 is 10.1 Å². The van der Waals surface area contributed by atoms with Crippen LogP contribution >= 0.6 is 0 Å². The summed E-state index contributed by atoms with van der Waals surface area (Å²) in [5, 5.41) is 43.5. The molecule has 0 radical (unpaired) electrons. The SMILES string of the molecule is COc1ccc(-c2cn([C@@H]3O[C@H](CO)[C@H](O)[C@@H]3O)c3ncnc(Nc4ccc(C#N)cc4)c23)cc1. The number of rotatable bonds is 6. The van der Waals surface area contributed by atoms with Gasteiger partial charge in [-0.15, -0.1) is 0 Å². The average Bonchev–Trinajstić information content (AvgIpc) is 3.42. The molecule has 0 spiro atoms. The molecule has 0 unspecified atom stereocenters. The Kier molecular flexibility index (Phi) is 6.07. The van der Waals surface area contributed by atoms with Crippen LogP contribution in [0.3, 0.4) is 0 Å². The lowest BCUT2D eigenvalue weighted by Gasteiger charge is -2.17. The zero-order valence-corrected chi connectivity index (χ0v) is 18.7. The van der Waals surface area contributed by atoms with Crippen LogP contribution in [0.15, 0.2) is 61.1 Å². The normalized spacial score (nSPS) is 21.7. The van der Waals surface area contributed by atoms with Gasteiger partial charge in [-0.2, -0.15) is 5.26 Å². The monoisotopic (exact) mass is 473 g/mol. The van der Waals surface area contributed by atoms with Gasteiger partial charge in [0.05, 0.1) is 30.7 Å².